The Labute approximate surface area is 125 Å². The van der Waals surface area contributed by atoms with E-state index in [2.05, 4.69) is 31.2 Å². The quantitative estimate of drug-likeness (QED) is 0.917. The second-order valence-corrected chi connectivity index (χ2v) is 5.68. The van der Waals surface area contributed by atoms with E-state index in [1.165, 1.54) is 0 Å². The van der Waals surface area contributed by atoms with E-state index in [1.54, 1.807) is 0 Å². The SMILES string of the molecule is Cc1nn(C)c(CN2CC(=O)Nc3ccccc32)c1Br. The number of benzene rings is 1. The van der Waals surface area contributed by atoms with E-state index in [0.29, 0.717) is 13.1 Å². The van der Waals surface area contributed by atoms with Crippen LogP contribution in [0.25, 0.3) is 0 Å². The van der Waals surface area contributed by atoms with Crippen molar-refractivity contribution in [2.75, 3.05) is 16.8 Å². The minimum atomic E-state index is 0.0127. The third kappa shape index (κ3) is 2.20. The van der Waals surface area contributed by atoms with Gasteiger partial charge < -0.3 is 10.2 Å². The molecule has 0 saturated carbocycles. The lowest BCUT2D eigenvalue weighted by Crippen LogP contribution is -2.38. The van der Waals surface area contributed by atoms with E-state index in [1.807, 2.05) is 42.9 Å². The molecule has 0 fully saturated rings. The first kappa shape index (κ1) is 13.2. The number of nitrogens with one attached hydrogen (secondary N) is 1. The number of aromatic nitrogens is 2. The van der Waals surface area contributed by atoms with Crippen molar-refractivity contribution >= 4 is 33.2 Å². The maximum absolute atomic E-state index is 11.8. The third-order valence-electron chi connectivity index (χ3n) is 3.46. The Morgan fingerprint density at radius 3 is 2.85 bits per heavy atom. The number of carbonyl (C=O) groups excluding carboxylic acids is 1. The van der Waals surface area contributed by atoms with Gasteiger partial charge in [0.2, 0.25) is 5.91 Å². The lowest BCUT2D eigenvalue weighted by atomic mass is 10.2. The summed E-state index contributed by atoms with van der Waals surface area (Å²) < 4.78 is 2.86. The second-order valence-electron chi connectivity index (χ2n) is 4.89. The van der Waals surface area contributed by atoms with Crippen LogP contribution in [0.2, 0.25) is 0 Å². The number of halogens is 1. The van der Waals surface area contributed by atoms with E-state index in [-0.39, 0.29) is 5.91 Å². The predicted molar refractivity (Wildman–Crippen MR) is 81.8 cm³/mol. The maximum atomic E-state index is 11.8. The number of hydrogen-bond donors (Lipinski definition) is 1. The number of hydrogen-bond acceptors (Lipinski definition) is 3. The van der Waals surface area contributed by atoms with Crippen LogP contribution >= 0.6 is 15.9 Å². The smallest absolute Gasteiger partial charge is 0.243 e. The fourth-order valence-corrected chi connectivity index (χ4v) is 2.94. The van der Waals surface area contributed by atoms with Gasteiger partial charge >= 0.3 is 0 Å². The fraction of sp³-hybridized carbons (Fsp3) is 0.286. The molecule has 3 rings (SSSR count). The molecule has 0 bridgehead atoms. The minimum Gasteiger partial charge on any atom is -0.355 e. The van der Waals surface area contributed by atoms with Crippen LogP contribution in [0.15, 0.2) is 28.7 Å². The molecule has 0 spiro atoms. The van der Waals surface area contributed by atoms with E-state index in [0.717, 1.165) is 27.2 Å². The van der Waals surface area contributed by atoms with Crippen molar-refractivity contribution in [3.8, 4) is 0 Å². The van der Waals surface area contributed by atoms with Crippen LogP contribution in [0.4, 0.5) is 11.4 Å². The highest BCUT2D eigenvalue weighted by Crippen LogP contribution is 2.31. The molecule has 0 radical (unpaired) electrons. The van der Waals surface area contributed by atoms with E-state index in [4.69, 9.17) is 0 Å². The molecule has 0 unspecified atom stereocenters. The minimum absolute atomic E-state index is 0.0127. The average molecular weight is 335 g/mol. The lowest BCUT2D eigenvalue weighted by Gasteiger charge is -2.30. The number of amides is 1. The number of rotatable bonds is 2. The fourth-order valence-electron chi connectivity index (χ4n) is 2.48. The first-order valence-corrected chi connectivity index (χ1v) is 7.17. The predicted octanol–water partition coefficient (Wildman–Crippen LogP) is 2.45. The Kier molecular flexibility index (Phi) is 3.25. The van der Waals surface area contributed by atoms with E-state index in [9.17, 15) is 4.79 Å². The van der Waals surface area contributed by atoms with Crippen molar-refractivity contribution in [3.05, 3.63) is 40.1 Å². The molecule has 5 nitrogen and oxygen atoms in total. The molecule has 1 aliphatic rings. The number of nitrogens with zero attached hydrogens (tertiary/aromatic N) is 3. The van der Waals surface area contributed by atoms with Crippen molar-refractivity contribution in [2.24, 2.45) is 7.05 Å². The van der Waals surface area contributed by atoms with Gasteiger partial charge in [-0.05, 0) is 35.0 Å². The van der Waals surface area contributed by atoms with Crippen LogP contribution in [0.5, 0.6) is 0 Å². The molecule has 1 amide bonds. The molecule has 0 atom stereocenters. The van der Waals surface area contributed by atoms with Gasteiger partial charge in [-0.25, -0.2) is 0 Å². The van der Waals surface area contributed by atoms with Crippen molar-refractivity contribution in [2.45, 2.75) is 13.5 Å². The summed E-state index contributed by atoms with van der Waals surface area (Å²) in [6.45, 7) is 2.96. The lowest BCUT2D eigenvalue weighted by molar-refractivity contribution is -0.115. The Hall–Kier alpha value is -1.82. The molecule has 20 heavy (non-hydrogen) atoms. The molecule has 0 aliphatic carbocycles. The first-order chi connectivity index (χ1) is 9.56. The van der Waals surface area contributed by atoms with E-state index < -0.39 is 0 Å². The molecule has 2 aromatic rings. The van der Waals surface area contributed by atoms with Crippen molar-refractivity contribution in [1.29, 1.82) is 0 Å². The van der Waals surface area contributed by atoms with Crippen molar-refractivity contribution in [3.63, 3.8) is 0 Å². The number of carbonyl (C=O) groups is 1. The second kappa shape index (κ2) is 4.94. The molecule has 1 aromatic heterocycles. The number of aryl methyl sites for hydroxylation is 2. The molecule has 104 valence electrons. The molecular formula is C14H15BrN4O. The molecule has 1 aromatic carbocycles. The summed E-state index contributed by atoms with van der Waals surface area (Å²) in [6, 6.07) is 7.84. The molecule has 1 aliphatic heterocycles. The van der Waals surface area contributed by atoms with Gasteiger partial charge in [0.05, 0.1) is 40.3 Å². The van der Waals surface area contributed by atoms with Gasteiger partial charge in [0, 0.05) is 7.05 Å². The molecule has 1 N–H and O–H groups in total. The Bertz CT molecular complexity index is 680. The molecule has 6 heteroatoms. The van der Waals surface area contributed by atoms with Crippen LogP contribution in [0.1, 0.15) is 11.4 Å². The van der Waals surface area contributed by atoms with Gasteiger partial charge in [-0.1, -0.05) is 12.1 Å². The average Bonchev–Trinajstić information content (AvgIpc) is 2.65. The van der Waals surface area contributed by atoms with Crippen LogP contribution in [-0.4, -0.2) is 22.2 Å². The highest BCUT2D eigenvalue weighted by Gasteiger charge is 2.23. The topological polar surface area (TPSA) is 50.2 Å². The Morgan fingerprint density at radius 1 is 1.40 bits per heavy atom. The van der Waals surface area contributed by atoms with Crippen LogP contribution in [0.3, 0.4) is 0 Å². The zero-order chi connectivity index (χ0) is 14.3. The number of fused-ring (bicyclic) bond motifs is 1. The Morgan fingerprint density at radius 2 is 2.15 bits per heavy atom. The normalized spacial score (nSPS) is 14.2. The summed E-state index contributed by atoms with van der Waals surface area (Å²) in [4.78, 5) is 13.9. The molecule has 2 heterocycles. The summed E-state index contributed by atoms with van der Waals surface area (Å²) in [7, 11) is 1.92. The number of anilines is 2. The summed E-state index contributed by atoms with van der Waals surface area (Å²) >= 11 is 3.57. The summed E-state index contributed by atoms with van der Waals surface area (Å²) in [5.74, 6) is 0.0127. The van der Waals surface area contributed by atoms with Gasteiger partial charge in [0.1, 0.15) is 0 Å². The van der Waals surface area contributed by atoms with Crippen LogP contribution < -0.4 is 10.2 Å². The van der Waals surface area contributed by atoms with Gasteiger partial charge in [0.25, 0.3) is 0 Å². The zero-order valence-corrected chi connectivity index (χ0v) is 12.9. The highest BCUT2D eigenvalue weighted by molar-refractivity contribution is 9.10. The van der Waals surface area contributed by atoms with Crippen LogP contribution in [-0.2, 0) is 18.4 Å². The van der Waals surface area contributed by atoms with Gasteiger partial charge in [-0.3, -0.25) is 9.48 Å². The standard InChI is InChI=1S/C14H15BrN4O/c1-9-14(15)12(18(2)17-9)7-19-8-13(20)16-10-5-3-4-6-11(10)19/h3-6H,7-8H2,1-2H3,(H,16,20). The van der Waals surface area contributed by atoms with Crippen molar-refractivity contribution < 1.29 is 4.79 Å². The number of para-hydroxylation sites is 2. The van der Waals surface area contributed by atoms with Gasteiger partial charge in [-0.2, -0.15) is 5.10 Å². The van der Waals surface area contributed by atoms with Gasteiger partial charge in [-0.15, -0.1) is 0 Å². The monoisotopic (exact) mass is 334 g/mol. The zero-order valence-electron chi connectivity index (χ0n) is 11.4. The summed E-state index contributed by atoms with van der Waals surface area (Å²) in [5, 5.41) is 7.29. The third-order valence-corrected chi connectivity index (χ3v) is 4.49. The van der Waals surface area contributed by atoms with E-state index >= 15 is 0 Å². The largest absolute Gasteiger partial charge is 0.355 e. The Balaban J connectivity index is 1.97. The summed E-state index contributed by atoms with van der Waals surface area (Å²) in [6.07, 6.45) is 0. The molecular weight excluding hydrogens is 320 g/mol. The first-order valence-electron chi connectivity index (χ1n) is 6.38. The van der Waals surface area contributed by atoms with Crippen molar-refractivity contribution in [1.82, 2.24) is 9.78 Å². The van der Waals surface area contributed by atoms with Crippen LogP contribution in [0, 0.1) is 6.92 Å². The highest BCUT2D eigenvalue weighted by atomic mass is 79.9. The van der Waals surface area contributed by atoms with Gasteiger partial charge in [0.15, 0.2) is 0 Å². The maximum Gasteiger partial charge on any atom is 0.243 e. The summed E-state index contributed by atoms with van der Waals surface area (Å²) in [5.41, 5.74) is 3.92. The molecule has 0 saturated heterocycles.